The quantitative estimate of drug-likeness (QED) is 0.840. The fourth-order valence-electron chi connectivity index (χ4n) is 1.97. The lowest BCUT2D eigenvalue weighted by atomic mass is 10.0. The second-order valence-electron chi connectivity index (χ2n) is 4.57. The summed E-state index contributed by atoms with van der Waals surface area (Å²) in [5.74, 6) is 0. The average Bonchev–Trinajstić information content (AvgIpc) is 2.73. The number of alkyl halides is 3. The highest BCUT2D eigenvalue weighted by Gasteiger charge is 2.30. The maximum Gasteiger partial charge on any atom is 0.416 e. The fourth-order valence-corrected chi connectivity index (χ4v) is 3.55. The van der Waals surface area contributed by atoms with Crippen LogP contribution in [-0.2, 0) is 19.0 Å². The first kappa shape index (κ1) is 15.5. The molecule has 20 heavy (non-hydrogen) atoms. The third-order valence-electron chi connectivity index (χ3n) is 2.84. The first-order valence-electron chi connectivity index (χ1n) is 6.00. The molecule has 1 aromatic heterocycles. The van der Waals surface area contributed by atoms with Crippen molar-refractivity contribution in [2.24, 2.45) is 5.73 Å². The van der Waals surface area contributed by atoms with E-state index in [0.29, 0.717) is 18.4 Å². The van der Waals surface area contributed by atoms with Gasteiger partial charge in [-0.2, -0.15) is 13.2 Å². The molecule has 0 saturated carbocycles. The Morgan fingerprint density at radius 1 is 1.15 bits per heavy atom. The van der Waals surface area contributed by atoms with Gasteiger partial charge in [0.2, 0.25) is 0 Å². The minimum Gasteiger partial charge on any atom is -0.327 e. The number of halogens is 4. The van der Waals surface area contributed by atoms with Crippen LogP contribution in [0, 0.1) is 0 Å². The van der Waals surface area contributed by atoms with Gasteiger partial charge in [-0.1, -0.05) is 18.2 Å². The van der Waals surface area contributed by atoms with E-state index in [-0.39, 0.29) is 6.04 Å². The summed E-state index contributed by atoms with van der Waals surface area (Å²) in [6, 6.07) is 9.07. The number of rotatable bonds is 4. The lowest BCUT2D eigenvalue weighted by Gasteiger charge is -2.12. The fraction of sp³-hybridized carbons (Fsp3) is 0.286. The van der Waals surface area contributed by atoms with Crippen molar-refractivity contribution in [2.45, 2.75) is 25.1 Å². The summed E-state index contributed by atoms with van der Waals surface area (Å²) in [6.45, 7) is 0. The summed E-state index contributed by atoms with van der Waals surface area (Å²) in [5.41, 5.74) is 6.01. The molecule has 1 nitrogen and oxygen atoms in total. The van der Waals surface area contributed by atoms with Crippen LogP contribution in [-0.4, -0.2) is 6.04 Å². The highest BCUT2D eigenvalue weighted by Crippen LogP contribution is 2.30. The highest BCUT2D eigenvalue weighted by molar-refractivity contribution is 9.11. The Balaban J connectivity index is 2.02. The molecule has 108 valence electrons. The Bertz CT molecular complexity index is 580. The van der Waals surface area contributed by atoms with Gasteiger partial charge in [0.05, 0.1) is 9.35 Å². The zero-order valence-electron chi connectivity index (χ0n) is 10.5. The van der Waals surface area contributed by atoms with Crippen molar-refractivity contribution in [3.8, 4) is 0 Å². The molecule has 2 N–H and O–H groups in total. The second-order valence-corrected chi connectivity index (χ2v) is 7.12. The molecular weight excluding hydrogens is 351 g/mol. The SMILES string of the molecule is NC(Cc1cccc(C(F)(F)F)c1)Cc1ccc(Br)s1. The van der Waals surface area contributed by atoms with Crippen molar-refractivity contribution in [2.75, 3.05) is 0 Å². The minimum atomic E-state index is -4.31. The average molecular weight is 364 g/mol. The van der Waals surface area contributed by atoms with Gasteiger partial charge in [-0.15, -0.1) is 11.3 Å². The van der Waals surface area contributed by atoms with E-state index in [1.165, 1.54) is 12.1 Å². The molecule has 0 radical (unpaired) electrons. The van der Waals surface area contributed by atoms with E-state index in [1.807, 2.05) is 12.1 Å². The molecule has 0 aliphatic heterocycles. The second kappa shape index (κ2) is 6.28. The number of benzene rings is 1. The molecule has 2 rings (SSSR count). The Morgan fingerprint density at radius 2 is 1.90 bits per heavy atom. The van der Waals surface area contributed by atoms with Gasteiger partial charge in [0, 0.05) is 10.9 Å². The van der Waals surface area contributed by atoms with Gasteiger partial charge in [-0.05, 0) is 52.5 Å². The van der Waals surface area contributed by atoms with Crippen molar-refractivity contribution >= 4 is 27.3 Å². The highest BCUT2D eigenvalue weighted by atomic mass is 79.9. The van der Waals surface area contributed by atoms with Crippen LogP contribution in [0.3, 0.4) is 0 Å². The minimum absolute atomic E-state index is 0.191. The molecule has 1 unspecified atom stereocenters. The third kappa shape index (κ3) is 4.33. The summed E-state index contributed by atoms with van der Waals surface area (Å²) in [4.78, 5) is 1.12. The van der Waals surface area contributed by atoms with Crippen LogP contribution in [0.15, 0.2) is 40.2 Å². The van der Waals surface area contributed by atoms with E-state index in [1.54, 1.807) is 17.4 Å². The summed E-state index contributed by atoms with van der Waals surface area (Å²) in [6.07, 6.45) is -3.22. The predicted molar refractivity (Wildman–Crippen MR) is 78.8 cm³/mol. The standard InChI is InChI=1S/C14H13BrF3NS/c15-13-5-4-12(20-13)8-11(19)7-9-2-1-3-10(6-9)14(16,17)18/h1-6,11H,7-8,19H2. The van der Waals surface area contributed by atoms with E-state index in [2.05, 4.69) is 15.9 Å². The normalized spacial score (nSPS) is 13.4. The van der Waals surface area contributed by atoms with Crippen LogP contribution in [0.1, 0.15) is 16.0 Å². The van der Waals surface area contributed by atoms with Crippen LogP contribution in [0.5, 0.6) is 0 Å². The van der Waals surface area contributed by atoms with Gasteiger partial charge in [0.15, 0.2) is 0 Å². The van der Waals surface area contributed by atoms with Gasteiger partial charge in [0.25, 0.3) is 0 Å². The third-order valence-corrected chi connectivity index (χ3v) is 4.49. The van der Waals surface area contributed by atoms with E-state index >= 15 is 0 Å². The van der Waals surface area contributed by atoms with E-state index in [0.717, 1.165) is 14.7 Å². The van der Waals surface area contributed by atoms with Crippen LogP contribution in [0.25, 0.3) is 0 Å². The Kier molecular flexibility index (Phi) is 4.88. The summed E-state index contributed by atoms with van der Waals surface area (Å²) >= 11 is 4.96. The van der Waals surface area contributed by atoms with E-state index < -0.39 is 11.7 Å². The Hall–Kier alpha value is -0.850. The zero-order valence-corrected chi connectivity index (χ0v) is 12.9. The maximum absolute atomic E-state index is 12.6. The molecule has 0 spiro atoms. The maximum atomic E-state index is 12.6. The molecule has 0 fully saturated rings. The Morgan fingerprint density at radius 3 is 2.50 bits per heavy atom. The predicted octanol–water partition coefficient (Wildman–Crippen LogP) is 4.64. The smallest absolute Gasteiger partial charge is 0.327 e. The molecule has 2 aromatic rings. The number of hydrogen-bond donors (Lipinski definition) is 1. The van der Waals surface area contributed by atoms with Gasteiger partial charge in [-0.3, -0.25) is 0 Å². The van der Waals surface area contributed by atoms with Crippen molar-refractivity contribution in [1.82, 2.24) is 0 Å². The van der Waals surface area contributed by atoms with Gasteiger partial charge < -0.3 is 5.73 Å². The monoisotopic (exact) mass is 363 g/mol. The molecule has 1 heterocycles. The lowest BCUT2D eigenvalue weighted by Crippen LogP contribution is -2.25. The van der Waals surface area contributed by atoms with Gasteiger partial charge in [0.1, 0.15) is 0 Å². The van der Waals surface area contributed by atoms with E-state index in [9.17, 15) is 13.2 Å². The number of nitrogens with two attached hydrogens (primary N) is 1. The van der Waals surface area contributed by atoms with Crippen molar-refractivity contribution in [1.29, 1.82) is 0 Å². The van der Waals surface area contributed by atoms with Crippen LogP contribution in [0.4, 0.5) is 13.2 Å². The molecule has 0 aliphatic carbocycles. The van der Waals surface area contributed by atoms with Crippen molar-refractivity contribution in [3.63, 3.8) is 0 Å². The molecule has 0 aliphatic rings. The van der Waals surface area contributed by atoms with Gasteiger partial charge in [-0.25, -0.2) is 0 Å². The summed E-state index contributed by atoms with van der Waals surface area (Å²) in [5, 5.41) is 0. The van der Waals surface area contributed by atoms with E-state index in [4.69, 9.17) is 5.73 Å². The van der Waals surface area contributed by atoms with Crippen LogP contribution >= 0.6 is 27.3 Å². The first-order valence-corrected chi connectivity index (χ1v) is 7.61. The van der Waals surface area contributed by atoms with Crippen molar-refractivity contribution < 1.29 is 13.2 Å². The molecular formula is C14H13BrF3NS. The lowest BCUT2D eigenvalue weighted by molar-refractivity contribution is -0.137. The molecule has 6 heteroatoms. The topological polar surface area (TPSA) is 26.0 Å². The number of thiophene rings is 1. The van der Waals surface area contributed by atoms with Crippen LogP contribution in [0.2, 0.25) is 0 Å². The molecule has 0 saturated heterocycles. The molecule has 1 atom stereocenters. The van der Waals surface area contributed by atoms with Crippen LogP contribution < -0.4 is 5.73 Å². The molecule has 1 aromatic carbocycles. The molecule has 0 amide bonds. The molecule has 0 bridgehead atoms. The van der Waals surface area contributed by atoms with Crippen molar-refractivity contribution in [3.05, 3.63) is 56.2 Å². The summed E-state index contributed by atoms with van der Waals surface area (Å²) in [7, 11) is 0. The first-order chi connectivity index (χ1) is 9.34. The largest absolute Gasteiger partial charge is 0.416 e. The number of hydrogen-bond acceptors (Lipinski definition) is 2. The van der Waals surface area contributed by atoms with Gasteiger partial charge >= 0.3 is 6.18 Å². The Labute approximate surface area is 127 Å². The summed E-state index contributed by atoms with van der Waals surface area (Å²) < 4.78 is 38.9. The zero-order chi connectivity index (χ0) is 14.8.